The number of hydrogen-bond donors (Lipinski definition) is 1. The van der Waals surface area contributed by atoms with E-state index in [0.717, 1.165) is 19.3 Å². The Hall–Kier alpha value is -0.145. The first kappa shape index (κ1) is 10.9. The van der Waals surface area contributed by atoms with Crippen LogP contribution in [0, 0.1) is 0 Å². The summed E-state index contributed by atoms with van der Waals surface area (Å²) in [6, 6.07) is 0. The van der Waals surface area contributed by atoms with Crippen LogP contribution in [-0.4, -0.2) is 16.5 Å². The van der Waals surface area contributed by atoms with Crippen LogP contribution in [0.2, 0.25) is 6.82 Å². The predicted molar refractivity (Wildman–Crippen MR) is 55.6 cm³/mol. The van der Waals surface area contributed by atoms with Crippen LogP contribution in [0.1, 0.15) is 13.8 Å². The van der Waals surface area contributed by atoms with Crippen LogP contribution in [0.15, 0.2) is 24.3 Å². The first-order valence-electron chi connectivity index (χ1n) is 3.85. The fraction of sp³-hybridized carbons (Fsp3) is 0.500. The average molecular weight is 170 g/mol. The van der Waals surface area contributed by atoms with E-state index in [2.05, 4.69) is 6.82 Å². The lowest BCUT2D eigenvalue weighted by atomic mass is 9.65. The lowest BCUT2D eigenvalue weighted by Crippen LogP contribution is -2.24. The second-order valence-corrected chi connectivity index (χ2v) is 3.34. The Balaban J connectivity index is 4.45. The molecule has 1 N–H and O–H groups in total. The highest BCUT2D eigenvalue weighted by Gasteiger charge is 2.21. The van der Waals surface area contributed by atoms with E-state index in [-0.39, 0.29) is 4.65 Å². The van der Waals surface area contributed by atoms with E-state index in [4.69, 9.17) is 4.55 Å². The molecule has 0 spiro atoms. The molecule has 0 amide bonds. The average Bonchev–Trinajstić information content (AvgIpc) is 2.04. The zero-order valence-corrected chi connectivity index (χ0v) is 8.19. The summed E-state index contributed by atoms with van der Waals surface area (Å²) in [7, 11) is 0.906. The Kier molecular flexibility index (Phi) is 5.43. The molecule has 0 aliphatic rings. The zero-order valence-electron chi connectivity index (χ0n) is 7.37. The topological polar surface area (TPSA) is 20.2 Å². The Morgan fingerprint density at radius 3 is 1.91 bits per heavy atom. The molecule has 3 heteroatoms. The van der Waals surface area contributed by atoms with E-state index in [0.29, 0.717) is 0 Å². The van der Waals surface area contributed by atoms with Crippen molar-refractivity contribution in [2.24, 2.45) is 0 Å². The smallest absolute Gasteiger partial charge is 0.150 e. The molecule has 0 aliphatic heterocycles. The highest BCUT2D eigenvalue weighted by molar-refractivity contribution is 7.97. The molecular formula is C8H15BOS. The number of rotatable bonds is 4. The van der Waals surface area contributed by atoms with Crippen LogP contribution in [-0.2, 0) is 0 Å². The molecule has 0 unspecified atom stereocenters. The van der Waals surface area contributed by atoms with Gasteiger partial charge in [-0.2, -0.15) is 0 Å². The van der Waals surface area contributed by atoms with Crippen molar-refractivity contribution >= 4 is 19.3 Å². The third kappa shape index (κ3) is 3.17. The van der Waals surface area contributed by atoms with Gasteiger partial charge < -0.3 is 4.55 Å². The summed E-state index contributed by atoms with van der Waals surface area (Å²) in [4.78, 5) is 0. The Morgan fingerprint density at radius 1 is 1.27 bits per heavy atom. The molecule has 62 valence electrons. The molecular weight excluding hydrogens is 155 g/mol. The van der Waals surface area contributed by atoms with E-state index >= 15 is 0 Å². The maximum atomic E-state index is 9.05. The van der Waals surface area contributed by atoms with Gasteiger partial charge in [-0.15, -0.1) is 0 Å². The van der Waals surface area contributed by atoms with Gasteiger partial charge in [-0.1, -0.05) is 31.1 Å². The monoisotopic (exact) mass is 170 g/mol. The van der Waals surface area contributed by atoms with Gasteiger partial charge in [-0.25, -0.2) is 0 Å². The molecule has 0 radical (unpaired) electrons. The second kappa shape index (κ2) is 5.50. The fourth-order valence-electron chi connectivity index (χ4n) is 0.981. The van der Waals surface area contributed by atoms with Gasteiger partial charge in [0.05, 0.1) is 0 Å². The summed E-state index contributed by atoms with van der Waals surface area (Å²) >= 11 is 0.893. The Labute approximate surface area is 74.0 Å². The minimum absolute atomic E-state index is 0.205. The maximum absolute atomic E-state index is 9.05. The Bertz CT molecular complexity index is 136. The van der Waals surface area contributed by atoms with Crippen molar-refractivity contribution in [2.45, 2.75) is 25.3 Å². The van der Waals surface area contributed by atoms with Crippen LogP contribution < -0.4 is 0 Å². The van der Waals surface area contributed by atoms with Crippen LogP contribution in [0.5, 0.6) is 0 Å². The third-order valence-corrected chi connectivity index (χ3v) is 2.52. The van der Waals surface area contributed by atoms with Gasteiger partial charge in [0.2, 0.25) is 0 Å². The largest absolute Gasteiger partial charge is 0.330 e. The van der Waals surface area contributed by atoms with Gasteiger partial charge >= 0.3 is 0 Å². The van der Waals surface area contributed by atoms with Crippen LogP contribution in [0.4, 0.5) is 0 Å². The van der Waals surface area contributed by atoms with Crippen molar-refractivity contribution in [1.82, 2.24) is 0 Å². The summed E-state index contributed by atoms with van der Waals surface area (Å²) in [5.41, 5.74) is 0. The highest BCUT2D eigenvalue weighted by Crippen LogP contribution is 2.24. The van der Waals surface area contributed by atoms with Crippen LogP contribution >= 0.6 is 12.0 Å². The molecule has 0 saturated carbocycles. The lowest BCUT2D eigenvalue weighted by molar-refractivity contribution is 0.658. The first-order valence-corrected chi connectivity index (χ1v) is 4.62. The van der Waals surface area contributed by atoms with Crippen molar-refractivity contribution in [3.63, 3.8) is 0 Å². The van der Waals surface area contributed by atoms with Crippen LogP contribution in [0.25, 0.3) is 0 Å². The molecule has 0 heterocycles. The standard InChI is InChI=1S/C8H15BOS/c1-4-6-8(9-3,11-10)7-5-2/h4-7,9-10H,1-3H3. The van der Waals surface area contributed by atoms with E-state index in [1.165, 1.54) is 0 Å². The number of hydrogen-bond acceptors (Lipinski definition) is 2. The molecule has 0 rings (SSSR count). The molecule has 0 fully saturated rings. The van der Waals surface area contributed by atoms with Gasteiger partial charge in [-0.3, -0.25) is 0 Å². The van der Waals surface area contributed by atoms with Crippen molar-refractivity contribution < 1.29 is 4.55 Å². The zero-order chi connectivity index (χ0) is 8.74. The quantitative estimate of drug-likeness (QED) is 0.397. The third-order valence-electron chi connectivity index (χ3n) is 1.62. The summed E-state index contributed by atoms with van der Waals surface area (Å²) < 4.78 is 8.85. The van der Waals surface area contributed by atoms with Crippen molar-refractivity contribution in [3.05, 3.63) is 24.3 Å². The molecule has 0 saturated heterocycles. The molecule has 0 aliphatic carbocycles. The number of allylic oxidation sites excluding steroid dienone is 2. The minimum Gasteiger partial charge on any atom is -0.330 e. The van der Waals surface area contributed by atoms with Gasteiger partial charge in [0.25, 0.3) is 0 Å². The maximum Gasteiger partial charge on any atom is 0.150 e. The molecule has 11 heavy (non-hydrogen) atoms. The SMILES string of the molecule is CBC(C=CC)(C=CC)SO. The molecule has 1 nitrogen and oxygen atoms in total. The van der Waals surface area contributed by atoms with Crippen molar-refractivity contribution in [1.29, 1.82) is 0 Å². The van der Waals surface area contributed by atoms with Crippen LogP contribution in [0.3, 0.4) is 0 Å². The molecule has 0 atom stereocenters. The fourth-order valence-corrected chi connectivity index (χ4v) is 1.50. The van der Waals surface area contributed by atoms with Gasteiger partial charge in [-0.05, 0) is 25.9 Å². The van der Waals surface area contributed by atoms with E-state index in [1.54, 1.807) is 0 Å². The van der Waals surface area contributed by atoms with Crippen molar-refractivity contribution in [2.75, 3.05) is 0 Å². The predicted octanol–water partition coefficient (Wildman–Crippen LogP) is 2.53. The van der Waals surface area contributed by atoms with Gasteiger partial charge in [0, 0.05) is 4.65 Å². The molecule has 0 aromatic heterocycles. The minimum atomic E-state index is -0.205. The highest BCUT2D eigenvalue weighted by atomic mass is 32.2. The molecule has 0 aromatic rings. The summed E-state index contributed by atoms with van der Waals surface area (Å²) in [6.07, 6.45) is 7.95. The van der Waals surface area contributed by atoms with E-state index in [1.807, 2.05) is 38.2 Å². The second-order valence-electron chi connectivity index (χ2n) is 2.40. The van der Waals surface area contributed by atoms with E-state index < -0.39 is 0 Å². The molecule has 0 aromatic carbocycles. The van der Waals surface area contributed by atoms with E-state index in [9.17, 15) is 0 Å². The van der Waals surface area contributed by atoms with Crippen molar-refractivity contribution in [3.8, 4) is 0 Å². The van der Waals surface area contributed by atoms with Gasteiger partial charge in [0.15, 0.2) is 7.28 Å². The summed E-state index contributed by atoms with van der Waals surface area (Å²) in [5.74, 6) is 0. The van der Waals surface area contributed by atoms with Gasteiger partial charge in [0.1, 0.15) is 0 Å². The first-order chi connectivity index (χ1) is 5.24. The lowest BCUT2D eigenvalue weighted by Gasteiger charge is -2.19. The summed E-state index contributed by atoms with van der Waals surface area (Å²) in [6.45, 7) is 5.98. The summed E-state index contributed by atoms with van der Waals surface area (Å²) in [5, 5.41) is 0. The Morgan fingerprint density at radius 2 is 1.73 bits per heavy atom. The normalized spacial score (nSPS) is 17.5. The molecule has 0 bridgehead atoms.